The lowest BCUT2D eigenvalue weighted by Crippen LogP contribution is -2.38. The SMILES string of the molecule is CC(CNC1CCC1)Cc1ccc(Cl)c(Cl)c1. The van der Waals surface area contributed by atoms with Crippen LogP contribution in [0.2, 0.25) is 10.0 Å². The molecule has 1 fully saturated rings. The lowest BCUT2D eigenvalue weighted by molar-refractivity contribution is 0.320. The fourth-order valence-corrected chi connectivity index (χ4v) is 2.44. The predicted molar refractivity (Wildman–Crippen MR) is 75.0 cm³/mol. The molecule has 1 N–H and O–H groups in total. The van der Waals surface area contributed by atoms with Crippen molar-refractivity contribution < 1.29 is 0 Å². The van der Waals surface area contributed by atoms with Gasteiger partial charge in [-0.1, -0.05) is 42.6 Å². The van der Waals surface area contributed by atoms with Gasteiger partial charge in [-0.2, -0.15) is 0 Å². The molecule has 94 valence electrons. The Hall–Kier alpha value is -0.240. The van der Waals surface area contributed by atoms with Crippen LogP contribution in [-0.4, -0.2) is 12.6 Å². The molecule has 1 aromatic carbocycles. The molecule has 1 saturated carbocycles. The highest BCUT2D eigenvalue weighted by molar-refractivity contribution is 6.42. The first-order valence-electron chi connectivity index (χ1n) is 6.32. The van der Waals surface area contributed by atoms with Crippen molar-refractivity contribution in [1.82, 2.24) is 5.32 Å². The molecule has 0 aromatic heterocycles. The maximum atomic E-state index is 6.01. The Labute approximate surface area is 114 Å². The topological polar surface area (TPSA) is 12.0 Å². The van der Waals surface area contributed by atoms with Crippen molar-refractivity contribution in [3.63, 3.8) is 0 Å². The van der Waals surface area contributed by atoms with Crippen molar-refractivity contribution in [2.24, 2.45) is 5.92 Å². The first-order chi connectivity index (χ1) is 8.15. The number of hydrogen-bond donors (Lipinski definition) is 1. The standard InChI is InChI=1S/C14H19Cl2N/c1-10(9-17-12-3-2-4-12)7-11-5-6-13(15)14(16)8-11/h5-6,8,10,12,17H,2-4,7,9H2,1H3. The molecule has 0 spiro atoms. The van der Waals surface area contributed by atoms with E-state index in [1.165, 1.54) is 24.8 Å². The zero-order valence-electron chi connectivity index (χ0n) is 10.2. The van der Waals surface area contributed by atoms with Crippen LogP contribution in [0.4, 0.5) is 0 Å². The van der Waals surface area contributed by atoms with Crippen LogP contribution in [0.3, 0.4) is 0 Å². The second kappa shape index (κ2) is 6.08. The Balaban J connectivity index is 1.79. The van der Waals surface area contributed by atoms with E-state index in [1.807, 2.05) is 12.1 Å². The first-order valence-corrected chi connectivity index (χ1v) is 7.08. The number of nitrogens with one attached hydrogen (secondary N) is 1. The summed E-state index contributed by atoms with van der Waals surface area (Å²) >= 11 is 11.9. The van der Waals surface area contributed by atoms with Crippen molar-refractivity contribution >= 4 is 23.2 Å². The van der Waals surface area contributed by atoms with Crippen LogP contribution in [0.15, 0.2) is 18.2 Å². The van der Waals surface area contributed by atoms with E-state index >= 15 is 0 Å². The Morgan fingerprint density at radius 2 is 2.06 bits per heavy atom. The van der Waals surface area contributed by atoms with E-state index in [-0.39, 0.29) is 0 Å². The largest absolute Gasteiger partial charge is 0.314 e. The van der Waals surface area contributed by atoms with E-state index in [0.29, 0.717) is 16.0 Å². The number of rotatable bonds is 5. The number of benzene rings is 1. The summed E-state index contributed by atoms with van der Waals surface area (Å²) in [6.07, 6.45) is 5.13. The van der Waals surface area contributed by atoms with Crippen LogP contribution in [-0.2, 0) is 6.42 Å². The van der Waals surface area contributed by atoms with Gasteiger partial charge in [-0.05, 0) is 49.4 Å². The summed E-state index contributed by atoms with van der Waals surface area (Å²) in [5, 5.41) is 4.90. The molecule has 17 heavy (non-hydrogen) atoms. The predicted octanol–water partition coefficient (Wildman–Crippen LogP) is 4.31. The highest BCUT2D eigenvalue weighted by Gasteiger charge is 2.17. The molecule has 0 aliphatic heterocycles. The van der Waals surface area contributed by atoms with E-state index in [1.54, 1.807) is 0 Å². The average Bonchev–Trinajstić information content (AvgIpc) is 2.21. The summed E-state index contributed by atoms with van der Waals surface area (Å²) < 4.78 is 0. The van der Waals surface area contributed by atoms with Crippen molar-refractivity contribution in [3.05, 3.63) is 33.8 Å². The van der Waals surface area contributed by atoms with Crippen LogP contribution < -0.4 is 5.32 Å². The van der Waals surface area contributed by atoms with Crippen LogP contribution in [0, 0.1) is 5.92 Å². The summed E-state index contributed by atoms with van der Waals surface area (Å²) in [5.41, 5.74) is 1.27. The zero-order chi connectivity index (χ0) is 12.3. The molecule has 0 radical (unpaired) electrons. The molecule has 2 rings (SSSR count). The van der Waals surface area contributed by atoms with Crippen molar-refractivity contribution in [1.29, 1.82) is 0 Å². The second-order valence-electron chi connectivity index (χ2n) is 5.09. The van der Waals surface area contributed by atoms with Gasteiger partial charge in [-0.25, -0.2) is 0 Å². The van der Waals surface area contributed by atoms with Gasteiger partial charge >= 0.3 is 0 Å². The van der Waals surface area contributed by atoms with Gasteiger partial charge in [0.1, 0.15) is 0 Å². The van der Waals surface area contributed by atoms with Gasteiger partial charge in [0.25, 0.3) is 0 Å². The molecule has 1 unspecified atom stereocenters. The summed E-state index contributed by atoms with van der Waals surface area (Å²) in [4.78, 5) is 0. The first kappa shape index (κ1) is 13.2. The molecule has 0 amide bonds. The monoisotopic (exact) mass is 271 g/mol. The quantitative estimate of drug-likeness (QED) is 0.842. The van der Waals surface area contributed by atoms with Crippen LogP contribution in [0.5, 0.6) is 0 Å². The Bertz CT molecular complexity index is 374. The lowest BCUT2D eigenvalue weighted by atomic mass is 9.92. The maximum absolute atomic E-state index is 6.01. The summed E-state index contributed by atoms with van der Waals surface area (Å²) in [6.45, 7) is 3.36. The molecular weight excluding hydrogens is 253 g/mol. The second-order valence-corrected chi connectivity index (χ2v) is 5.91. The Morgan fingerprint density at radius 3 is 2.65 bits per heavy atom. The molecular formula is C14H19Cl2N. The molecule has 1 aliphatic rings. The van der Waals surface area contributed by atoms with Gasteiger partial charge in [0.2, 0.25) is 0 Å². The lowest BCUT2D eigenvalue weighted by Gasteiger charge is -2.28. The summed E-state index contributed by atoms with van der Waals surface area (Å²) in [5.74, 6) is 0.632. The Morgan fingerprint density at radius 1 is 1.29 bits per heavy atom. The number of hydrogen-bond acceptors (Lipinski definition) is 1. The molecule has 0 saturated heterocycles. The molecule has 3 heteroatoms. The van der Waals surface area contributed by atoms with Crippen LogP contribution >= 0.6 is 23.2 Å². The van der Waals surface area contributed by atoms with Crippen molar-refractivity contribution in [3.8, 4) is 0 Å². The van der Waals surface area contributed by atoms with E-state index in [9.17, 15) is 0 Å². The van der Waals surface area contributed by atoms with E-state index in [4.69, 9.17) is 23.2 Å². The number of halogens is 2. The minimum Gasteiger partial charge on any atom is -0.314 e. The van der Waals surface area contributed by atoms with E-state index < -0.39 is 0 Å². The molecule has 1 aromatic rings. The smallest absolute Gasteiger partial charge is 0.0595 e. The van der Waals surface area contributed by atoms with Crippen molar-refractivity contribution in [2.45, 2.75) is 38.6 Å². The van der Waals surface area contributed by atoms with Gasteiger partial charge in [0.05, 0.1) is 10.0 Å². The zero-order valence-corrected chi connectivity index (χ0v) is 11.7. The minimum atomic E-state index is 0.632. The molecule has 0 heterocycles. The van der Waals surface area contributed by atoms with Gasteiger partial charge in [0, 0.05) is 6.04 Å². The average molecular weight is 272 g/mol. The van der Waals surface area contributed by atoms with Gasteiger partial charge in [0.15, 0.2) is 0 Å². The highest BCUT2D eigenvalue weighted by atomic mass is 35.5. The third-order valence-electron chi connectivity index (χ3n) is 3.43. The highest BCUT2D eigenvalue weighted by Crippen LogP contribution is 2.24. The summed E-state index contributed by atoms with van der Waals surface area (Å²) in [6, 6.07) is 6.69. The van der Waals surface area contributed by atoms with Crippen LogP contribution in [0.1, 0.15) is 31.7 Å². The van der Waals surface area contributed by atoms with E-state index in [0.717, 1.165) is 19.0 Å². The van der Waals surface area contributed by atoms with E-state index in [2.05, 4.69) is 18.3 Å². The third-order valence-corrected chi connectivity index (χ3v) is 4.17. The van der Waals surface area contributed by atoms with Crippen LogP contribution in [0.25, 0.3) is 0 Å². The van der Waals surface area contributed by atoms with Gasteiger partial charge in [-0.15, -0.1) is 0 Å². The van der Waals surface area contributed by atoms with Crippen molar-refractivity contribution in [2.75, 3.05) is 6.54 Å². The van der Waals surface area contributed by atoms with Gasteiger partial charge in [-0.3, -0.25) is 0 Å². The fourth-order valence-electron chi connectivity index (χ4n) is 2.12. The summed E-state index contributed by atoms with van der Waals surface area (Å²) in [7, 11) is 0. The third kappa shape index (κ3) is 3.87. The minimum absolute atomic E-state index is 0.632. The molecule has 1 atom stereocenters. The molecule has 0 bridgehead atoms. The normalized spacial score (nSPS) is 17.8. The molecule has 1 aliphatic carbocycles. The maximum Gasteiger partial charge on any atom is 0.0595 e. The fraction of sp³-hybridized carbons (Fsp3) is 0.571. The molecule has 1 nitrogen and oxygen atoms in total. The Kier molecular flexibility index (Phi) is 4.72. The van der Waals surface area contributed by atoms with Gasteiger partial charge < -0.3 is 5.32 Å².